The molecule has 5 nitrogen and oxygen atoms in total. The molecule has 1 fully saturated rings. The zero-order chi connectivity index (χ0) is 15.5. The fourth-order valence-electron chi connectivity index (χ4n) is 2.70. The molecule has 7 heteroatoms. The van der Waals surface area contributed by atoms with E-state index in [0.717, 1.165) is 35.0 Å². The molecule has 0 saturated heterocycles. The SMILES string of the molecule is Cl.Cn1ccnc1Sc1ccccc1NC(=O)C1CCC(N)C1. The molecule has 1 aliphatic rings. The molecule has 124 valence electrons. The number of nitrogens with zero attached hydrogens (tertiary/aromatic N) is 2. The van der Waals surface area contributed by atoms with Crippen molar-refractivity contribution in [3.8, 4) is 0 Å². The Morgan fingerprint density at radius 1 is 1.39 bits per heavy atom. The van der Waals surface area contributed by atoms with Gasteiger partial charge in [0.05, 0.1) is 5.69 Å². The first-order chi connectivity index (χ1) is 10.6. The second-order valence-electron chi connectivity index (χ2n) is 5.68. The topological polar surface area (TPSA) is 72.9 Å². The van der Waals surface area contributed by atoms with Gasteiger partial charge < -0.3 is 15.6 Å². The number of halogens is 1. The highest BCUT2D eigenvalue weighted by molar-refractivity contribution is 7.99. The summed E-state index contributed by atoms with van der Waals surface area (Å²) < 4.78 is 1.96. The third kappa shape index (κ3) is 4.28. The van der Waals surface area contributed by atoms with Gasteiger partial charge in [0.2, 0.25) is 5.91 Å². The quantitative estimate of drug-likeness (QED) is 0.887. The number of hydrogen-bond donors (Lipinski definition) is 2. The Labute approximate surface area is 146 Å². The molecular formula is C16H21ClN4OS. The van der Waals surface area contributed by atoms with Gasteiger partial charge in [-0.1, -0.05) is 12.1 Å². The van der Waals surface area contributed by atoms with Crippen LogP contribution in [0.3, 0.4) is 0 Å². The lowest BCUT2D eigenvalue weighted by molar-refractivity contribution is -0.119. The third-order valence-corrected chi connectivity index (χ3v) is 5.12. The van der Waals surface area contributed by atoms with Crippen LogP contribution in [0.4, 0.5) is 5.69 Å². The summed E-state index contributed by atoms with van der Waals surface area (Å²) in [7, 11) is 1.95. The summed E-state index contributed by atoms with van der Waals surface area (Å²) in [6.45, 7) is 0. The molecule has 1 amide bonds. The molecule has 1 aromatic heterocycles. The first kappa shape index (κ1) is 17.8. The van der Waals surface area contributed by atoms with E-state index in [1.165, 1.54) is 0 Å². The normalized spacial score (nSPS) is 20.1. The fourth-order valence-corrected chi connectivity index (χ4v) is 3.59. The number of aromatic nitrogens is 2. The molecule has 0 aliphatic heterocycles. The van der Waals surface area contributed by atoms with Crippen LogP contribution in [0, 0.1) is 5.92 Å². The second kappa shape index (κ2) is 7.86. The minimum atomic E-state index is 0. The lowest BCUT2D eigenvalue weighted by atomic mass is 10.1. The van der Waals surface area contributed by atoms with Crippen LogP contribution in [0.25, 0.3) is 0 Å². The van der Waals surface area contributed by atoms with Crippen molar-refractivity contribution in [2.75, 3.05) is 5.32 Å². The summed E-state index contributed by atoms with van der Waals surface area (Å²) in [4.78, 5) is 17.7. The van der Waals surface area contributed by atoms with Gasteiger partial charge in [0, 0.05) is 36.3 Å². The van der Waals surface area contributed by atoms with Crippen molar-refractivity contribution in [2.24, 2.45) is 18.7 Å². The van der Waals surface area contributed by atoms with Gasteiger partial charge >= 0.3 is 0 Å². The fraction of sp³-hybridized carbons (Fsp3) is 0.375. The Bertz CT molecular complexity index is 676. The largest absolute Gasteiger partial charge is 0.329 e. The van der Waals surface area contributed by atoms with E-state index in [4.69, 9.17) is 5.73 Å². The summed E-state index contributed by atoms with van der Waals surface area (Å²) in [5, 5.41) is 3.95. The number of carbonyl (C=O) groups is 1. The van der Waals surface area contributed by atoms with E-state index in [1.54, 1.807) is 18.0 Å². The van der Waals surface area contributed by atoms with Crippen molar-refractivity contribution in [1.29, 1.82) is 0 Å². The van der Waals surface area contributed by atoms with Gasteiger partial charge in [0.1, 0.15) is 0 Å². The molecule has 23 heavy (non-hydrogen) atoms. The Hall–Kier alpha value is -1.50. The highest BCUT2D eigenvalue weighted by atomic mass is 35.5. The Kier molecular flexibility index (Phi) is 6.10. The summed E-state index contributed by atoms with van der Waals surface area (Å²) >= 11 is 1.55. The van der Waals surface area contributed by atoms with Crippen LogP contribution in [0.15, 0.2) is 46.7 Å². The molecule has 1 saturated carbocycles. The number of rotatable bonds is 4. The predicted octanol–water partition coefficient (Wildman–Crippen LogP) is 3.06. The Balaban J connectivity index is 0.00000192. The predicted molar refractivity (Wildman–Crippen MR) is 95.0 cm³/mol. The van der Waals surface area contributed by atoms with Crippen LogP contribution in [-0.4, -0.2) is 21.5 Å². The molecule has 3 rings (SSSR count). The van der Waals surface area contributed by atoms with Crippen molar-refractivity contribution < 1.29 is 4.79 Å². The molecule has 0 bridgehead atoms. The van der Waals surface area contributed by atoms with Crippen molar-refractivity contribution in [3.05, 3.63) is 36.7 Å². The number of anilines is 1. The van der Waals surface area contributed by atoms with E-state index >= 15 is 0 Å². The first-order valence-corrected chi connectivity index (χ1v) is 8.26. The molecule has 3 N–H and O–H groups in total. The third-order valence-electron chi connectivity index (χ3n) is 3.97. The number of carbonyl (C=O) groups excluding carboxylic acids is 1. The molecule has 2 atom stereocenters. The lowest BCUT2D eigenvalue weighted by Gasteiger charge is -2.13. The Morgan fingerprint density at radius 2 is 2.17 bits per heavy atom. The van der Waals surface area contributed by atoms with Gasteiger partial charge in [-0.3, -0.25) is 4.79 Å². The molecule has 0 radical (unpaired) electrons. The summed E-state index contributed by atoms with van der Waals surface area (Å²) in [5.74, 6) is 0.0991. The number of aryl methyl sites for hydroxylation is 1. The van der Waals surface area contributed by atoms with Crippen LogP contribution in [0.2, 0.25) is 0 Å². The van der Waals surface area contributed by atoms with Gasteiger partial charge in [-0.15, -0.1) is 12.4 Å². The number of hydrogen-bond acceptors (Lipinski definition) is 4. The number of amides is 1. The van der Waals surface area contributed by atoms with E-state index < -0.39 is 0 Å². The van der Waals surface area contributed by atoms with Crippen molar-refractivity contribution in [3.63, 3.8) is 0 Å². The van der Waals surface area contributed by atoms with E-state index in [0.29, 0.717) is 0 Å². The molecule has 0 spiro atoms. The maximum absolute atomic E-state index is 12.4. The zero-order valence-electron chi connectivity index (χ0n) is 12.9. The van der Waals surface area contributed by atoms with Gasteiger partial charge in [-0.25, -0.2) is 4.98 Å². The van der Waals surface area contributed by atoms with Crippen LogP contribution in [-0.2, 0) is 11.8 Å². The average molecular weight is 353 g/mol. The molecular weight excluding hydrogens is 332 g/mol. The minimum absolute atomic E-state index is 0. The van der Waals surface area contributed by atoms with Crippen LogP contribution < -0.4 is 11.1 Å². The molecule has 2 aromatic rings. The average Bonchev–Trinajstić information content (AvgIpc) is 3.10. The van der Waals surface area contributed by atoms with Gasteiger partial charge in [0.15, 0.2) is 5.16 Å². The smallest absolute Gasteiger partial charge is 0.227 e. The van der Waals surface area contributed by atoms with E-state index in [-0.39, 0.29) is 30.3 Å². The number of benzene rings is 1. The standard InChI is InChI=1S/C16H20N4OS.ClH/c1-20-9-8-18-16(20)22-14-5-3-2-4-13(14)19-15(21)11-6-7-12(17)10-11;/h2-5,8-9,11-12H,6-7,10,17H2,1H3,(H,19,21);1H. The van der Waals surface area contributed by atoms with E-state index in [2.05, 4.69) is 10.3 Å². The minimum Gasteiger partial charge on any atom is -0.329 e. The van der Waals surface area contributed by atoms with Crippen molar-refractivity contribution in [1.82, 2.24) is 9.55 Å². The monoisotopic (exact) mass is 352 g/mol. The molecule has 1 aromatic carbocycles. The summed E-state index contributed by atoms with van der Waals surface area (Å²) in [6, 6.07) is 7.98. The van der Waals surface area contributed by atoms with E-state index in [9.17, 15) is 4.79 Å². The second-order valence-corrected chi connectivity index (χ2v) is 6.69. The highest BCUT2D eigenvalue weighted by Crippen LogP contribution is 2.33. The molecule has 1 aliphatic carbocycles. The molecule has 1 heterocycles. The Morgan fingerprint density at radius 3 is 2.83 bits per heavy atom. The number of nitrogens with two attached hydrogens (primary N) is 1. The first-order valence-electron chi connectivity index (χ1n) is 7.44. The van der Waals surface area contributed by atoms with Crippen molar-refractivity contribution >= 4 is 35.8 Å². The maximum Gasteiger partial charge on any atom is 0.227 e. The zero-order valence-corrected chi connectivity index (χ0v) is 14.6. The van der Waals surface area contributed by atoms with Gasteiger partial charge in [-0.05, 0) is 43.2 Å². The molecule has 2 unspecified atom stereocenters. The lowest BCUT2D eigenvalue weighted by Crippen LogP contribution is -2.23. The van der Waals surface area contributed by atoms with Crippen molar-refractivity contribution in [2.45, 2.75) is 35.4 Å². The summed E-state index contributed by atoms with van der Waals surface area (Å²) in [6.07, 6.45) is 6.26. The highest BCUT2D eigenvalue weighted by Gasteiger charge is 2.28. The van der Waals surface area contributed by atoms with E-state index in [1.807, 2.05) is 42.1 Å². The number of para-hydroxylation sites is 1. The van der Waals surface area contributed by atoms with Gasteiger partial charge in [-0.2, -0.15) is 0 Å². The number of imidazole rings is 1. The number of nitrogens with one attached hydrogen (secondary N) is 1. The van der Waals surface area contributed by atoms with Crippen LogP contribution >= 0.6 is 24.2 Å². The maximum atomic E-state index is 12.4. The van der Waals surface area contributed by atoms with Crippen LogP contribution in [0.1, 0.15) is 19.3 Å². The van der Waals surface area contributed by atoms with Crippen LogP contribution in [0.5, 0.6) is 0 Å². The summed E-state index contributed by atoms with van der Waals surface area (Å²) in [5.41, 5.74) is 6.73. The van der Waals surface area contributed by atoms with Gasteiger partial charge in [0.25, 0.3) is 0 Å².